The van der Waals surface area contributed by atoms with Crippen LogP contribution in [0.15, 0.2) is 5.10 Å². The molecule has 1 aliphatic rings. The maximum absolute atomic E-state index is 12.2. The SMILES string of the molecule is C#CCN(C)S(=O)(=O)N1CSC(NC(=O)N(C)CC(OC)OC)=N1. The number of urea groups is 1. The molecule has 2 amide bonds. The van der Waals surface area contributed by atoms with Gasteiger partial charge in [-0.2, -0.15) is 17.1 Å². The fourth-order valence-electron chi connectivity index (χ4n) is 1.56. The number of hydrazone groups is 1. The topological polar surface area (TPSA) is 104 Å². The van der Waals surface area contributed by atoms with E-state index in [4.69, 9.17) is 15.9 Å². The van der Waals surface area contributed by atoms with Gasteiger partial charge in [-0.3, -0.25) is 5.32 Å². The Balaban J connectivity index is 2.67. The first-order valence-electron chi connectivity index (χ1n) is 6.72. The molecule has 0 aromatic rings. The van der Waals surface area contributed by atoms with Crippen LogP contribution in [0.25, 0.3) is 0 Å². The lowest BCUT2D eigenvalue weighted by Crippen LogP contribution is -2.43. The Kier molecular flexibility index (Phi) is 7.77. The van der Waals surface area contributed by atoms with Crippen LogP contribution in [0, 0.1) is 12.3 Å². The second-order valence-corrected chi connectivity index (χ2v) is 7.55. The molecule has 1 N–H and O–H groups in total. The summed E-state index contributed by atoms with van der Waals surface area (Å²) in [6, 6.07) is -0.462. The predicted octanol–water partition coefficient (Wildman–Crippen LogP) is -0.666. The zero-order valence-corrected chi connectivity index (χ0v) is 15.6. The van der Waals surface area contributed by atoms with Crippen molar-refractivity contribution < 1.29 is 22.7 Å². The van der Waals surface area contributed by atoms with Gasteiger partial charge in [0.05, 0.1) is 13.1 Å². The Morgan fingerprint density at radius 2 is 2.12 bits per heavy atom. The van der Waals surface area contributed by atoms with Crippen molar-refractivity contribution in [2.24, 2.45) is 5.10 Å². The van der Waals surface area contributed by atoms with Gasteiger partial charge in [0.15, 0.2) is 11.5 Å². The van der Waals surface area contributed by atoms with E-state index < -0.39 is 22.5 Å². The maximum atomic E-state index is 12.2. The molecule has 0 atom stereocenters. The molecule has 10 nitrogen and oxygen atoms in total. The lowest BCUT2D eigenvalue weighted by molar-refractivity contribution is -0.109. The maximum Gasteiger partial charge on any atom is 0.323 e. The third kappa shape index (κ3) is 5.25. The number of terminal acetylenes is 1. The summed E-state index contributed by atoms with van der Waals surface area (Å²) in [7, 11) is 2.03. The van der Waals surface area contributed by atoms with Gasteiger partial charge in [-0.1, -0.05) is 17.7 Å². The summed E-state index contributed by atoms with van der Waals surface area (Å²) in [5.74, 6) is 2.30. The number of carbonyl (C=O) groups excluding carboxylic acids is 1. The standard InChI is InChI=1S/C12H21N5O5S2/c1-6-7-16(3)24(19,20)17-9-23-11(14-17)13-12(18)15(2)8-10(21-4)22-5/h1,10H,7-9H2,2-5H3,(H,13,14,18). The van der Waals surface area contributed by atoms with Crippen molar-refractivity contribution in [3.8, 4) is 12.3 Å². The molecule has 24 heavy (non-hydrogen) atoms. The summed E-state index contributed by atoms with van der Waals surface area (Å²) in [5, 5.41) is 6.60. The minimum Gasteiger partial charge on any atom is -0.354 e. The summed E-state index contributed by atoms with van der Waals surface area (Å²) in [5.41, 5.74) is 0. The molecule has 0 saturated heterocycles. The molecule has 12 heteroatoms. The summed E-state index contributed by atoms with van der Waals surface area (Å²) in [6.07, 6.45) is 4.55. The van der Waals surface area contributed by atoms with Crippen LogP contribution in [0.2, 0.25) is 0 Å². The van der Waals surface area contributed by atoms with Crippen LogP contribution in [0.1, 0.15) is 0 Å². The highest BCUT2D eigenvalue weighted by molar-refractivity contribution is 8.14. The van der Waals surface area contributed by atoms with Gasteiger partial charge in [0.1, 0.15) is 5.88 Å². The van der Waals surface area contributed by atoms with Gasteiger partial charge < -0.3 is 14.4 Å². The van der Waals surface area contributed by atoms with Crippen molar-refractivity contribution in [1.29, 1.82) is 0 Å². The molecule has 0 aromatic carbocycles. The molecular formula is C12H21N5O5S2. The number of carbonyl (C=O) groups is 1. The largest absolute Gasteiger partial charge is 0.354 e. The number of rotatable bonds is 7. The smallest absolute Gasteiger partial charge is 0.323 e. The molecule has 0 unspecified atom stereocenters. The van der Waals surface area contributed by atoms with E-state index >= 15 is 0 Å². The van der Waals surface area contributed by atoms with Crippen LogP contribution in [-0.2, 0) is 19.7 Å². The first-order chi connectivity index (χ1) is 11.3. The fourth-order valence-corrected chi connectivity index (χ4v) is 3.66. The summed E-state index contributed by atoms with van der Waals surface area (Å²) < 4.78 is 36.3. The average Bonchev–Trinajstić information content (AvgIpc) is 3.01. The molecule has 0 bridgehead atoms. The van der Waals surface area contributed by atoms with Gasteiger partial charge in [-0.05, 0) is 0 Å². The van der Waals surface area contributed by atoms with E-state index in [1.807, 2.05) is 0 Å². The van der Waals surface area contributed by atoms with Gasteiger partial charge in [-0.25, -0.2) is 4.79 Å². The first-order valence-corrected chi connectivity index (χ1v) is 9.11. The van der Waals surface area contributed by atoms with E-state index in [1.165, 1.54) is 26.2 Å². The Bertz CT molecular complexity index is 614. The van der Waals surface area contributed by atoms with Gasteiger partial charge in [-0.15, -0.1) is 11.5 Å². The normalized spacial score (nSPS) is 14.7. The number of thioether (sulfide) groups is 1. The summed E-state index contributed by atoms with van der Waals surface area (Å²) >= 11 is 1.09. The zero-order valence-electron chi connectivity index (χ0n) is 13.9. The molecule has 0 spiro atoms. The monoisotopic (exact) mass is 379 g/mol. The van der Waals surface area contributed by atoms with Gasteiger partial charge in [0.25, 0.3) is 0 Å². The second-order valence-electron chi connectivity index (χ2n) is 4.68. The Labute approximate surface area is 146 Å². The third-order valence-corrected chi connectivity index (χ3v) is 5.65. The van der Waals surface area contributed by atoms with Crippen LogP contribution >= 0.6 is 11.8 Å². The molecule has 1 heterocycles. The highest BCUT2D eigenvalue weighted by atomic mass is 32.2. The van der Waals surface area contributed by atoms with Gasteiger partial charge in [0.2, 0.25) is 0 Å². The molecule has 136 valence electrons. The molecular weight excluding hydrogens is 358 g/mol. The van der Waals surface area contributed by atoms with Crippen molar-refractivity contribution in [1.82, 2.24) is 18.9 Å². The van der Waals surface area contributed by atoms with Crippen LogP contribution < -0.4 is 5.32 Å². The van der Waals surface area contributed by atoms with Gasteiger partial charge >= 0.3 is 16.2 Å². The second kappa shape index (κ2) is 9.09. The lowest BCUT2D eigenvalue weighted by Gasteiger charge is -2.22. The number of hydrogen-bond acceptors (Lipinski definition) is 7. The Morgan fingerprint density at radius 1 is 1.50 bits per heavy atom. The van der Waals surface area contributed by atoms with Crippen LogP contribution in [0.3, 0.4) is 0 Å². The predicted molar refractivity (Wildman–Crippen MR) is 91.1 cm³/mol. The van der Waals surface area contributed by atoms with E-state index in [9.17, 15) is 13.2 Å². The number of nitrogens with one attached hydrogen (secondary N) is 1. The molecule has 1 aliphatic heterocycles. The Morgan fingerprint density at radius 3 is 2.67 bits per heavy atom. The number of methoxy groups -OCH3 is 2. The fraction of sp³-hybridized carbons (Fsp3) is 0.667. The van der Waals surface area contributed by atoms with Crippen molar-refractivity contribution in [3.63, 3.8) is 0 Å². The van der Waals surface area contributed by atoms with Crippen LogP contribution in [0.4, 0.5) is 4.79 Å². The number of likely N-dealkylation sites (N-methyl/N-ethyl adjacent to an activating group) is 1. The molecule has 0 radical (unpaired) electrons. The molecule has 0 aliphatic carbocycles. The number of hydrogen-bond donors (Lipinski definition) is 1. The summed E-state index contributed by atoms with van der Waals surface area (Å²) in [6.45, 7) is 0.128. The van der Waals surface area contributed by atoms with E-state index in [0.717, 1.165) is 20.5 Å². The summed E-state index contributed by atoms with van der Waals surface area (Å²) in [4.78, 5) is 13.4. The van der Waals surface area contributed by atoms with E-state index in [-0.39, 0.29) is 24.1 Å². The molecule has 0 saturated carbocycles. The van der Waals surface area contributed by atoms with E-state index in [1.54, 1.807) is 7.05 Å². The van der Waals surface area contributed by atoms with E-state index in [0.29, 0.717) is 0 Å². The van der Waals surface area contributed by atoms with Crippen molar-refractivity contribution >= 4 is 33.2 Å². The highest BCUT2D eigenvalue weighted by Gasteiger charge is 2.31. The molecule has 0 aromatic heterocycles. The van der Waals surface area contributed by atoms with Gasteiger partial charge in [0, 0.05) is 28.3 Å². The third-order valence-electron chi connectivity index (χ3n) is 3.00. The number of ether oxygens (including phenoxy) is 2. The minimum absolute atomic E-state index is 0.0509. The first kappa shape index (κ1) is 20.5. The van der Waals surface area contributed by atoms with Crippen molar-refractivity contribution in [2.45, 2.75) is 6.29 Å². The van der Waals surface area contributed by atoms with Crippen molar-refractivity contribution in [3.05, 3.63) is 0 Å². The molecule has 0 fully saturated rings. The lowest BCUT2D eigenvalue weighted by atomic mass is 10.5. The Hall–Kier alpha value is -1.52. The number of amides is 2. The van der Waals surface area contributed by atoms with Crippen molar-refractivity contribution in [2.75, 3.05) is 47.3 Å². The molecule has 1 rings (SSSR count). The minimum atomic E-state index is -3.81. The highest BCUT2D eigenvalue weighted by Crippen LogP contribution is 2.20. The van der Waals surface area contributed by atoms with Crippen LogP contribution in [0.5, 0.6) is 0 Å². The van der Waals surface area contributed by atoms with E-state index in [2.05, 4.69) is 16.3 Å². The van der Waals surface area contributed by atoms with Crippen LogP contribution in [-0.4, -0.2) is 86.8 Å². The average molecular weight is 379 g/mol. The zero-order chi connectivity index (χ0) is 18.3. The number of nitrogens with zero attached hydrogens (tertiary/aromatic N) is 4. The quantitative estimate of drug-likeness (QED) is 0.465. The number of amidine groups is 1.